The molecule has 0 N–H and O–H groups in total. The highest BCUT2D eigenvalue weighted by molar-refractivity contribution is 6.01. The molecule has 12 nitrogen and oxygen atoms in total. The number of carbonyl (C=O) groups excluding carboxylic acids is 1. The molecule has 5 aromatic heterocycles. The highest BCUT2D eigenvalue weighted by Gasteiger charge is 2.33. The number of rotatable bonds is 5. The van der Waals surface area contributed by atoms with Crippen molar-refractivity contribution in [1.82, 2.24) is 39.2 Å². The van der Waals surface area contributed by atoms with Crippen LogP contribution in [0.3, 0.4) is 0 Å². The first-order valence-corrected chi connectivity index (χ1v) is 16.4. The zero-order valence-electron chi connectivity index (χ0n) is 28.5. The van der Waals surface area contributed by atoms with Gasteiger partial charge in [-0.05, 0) is 71.2 Å². The largest absolute Gasteiger partial charge is 0.496 e. The third-order valence-corrected chi connectivity index (χ3v) is 9.21. The first kappa shape index (κ1) is 31.0. The lowest BCUT2D eigenvalue weighted by Crippen LogP contribution is -2.50. The van der Waals surface area contributed by atoms with Crippen LogP contribution in [-0.2, 0) is 11.8 Å². The average Bonchev–Trinajstić information content (AvgIpc) is 3.75. The molecule has 0 bridgehead atoms. The molecule has 5 aromatic rings. The molecule has 0 aromatic carbocycles. The summed E-state index contributed by atoms with van der Waals surface area (Å²) in [5.41, 5.74) is 5.83. The van der Waals surface area contributed by atoms with Gasteiger partial charge in [0.15, 0.2) is 0 Å². The Labute approximate surface area is 274 Å². The topological polar surface area (TPSA) is 116 Å². The van der Waals surface area contributed by atoms with E-state index in [-0.39, 0.29) is 5.92 Å². The van der Waals surface area contributed by atoms with Crippen LogP contribution in [0.4, 0.5) is 10.7 Å². The first-order valence-electron chi connectivity index (χ1n) is 16.4. The Balaban J connectivity index is 1.43. The van der Waals surface area contributed by atoms with E-state index >= 15 is 0 Å². The zero-order valence-corrected chi connectivity index (χ0v) is 28.5. The van der Waals surface area contributed by atoms with E-state index in [0.29, 0.717) is 40.1 Å². The van der Waals surface area contributed by atoms with Gasteiger partial charge in [-0.1, -0.05) is 13.8 Å². The van der Waals surface area contributed by atoms with Gasteiger partial charge in [-0.3, -0.25) is 14.9 Å². The van der Waals surface area contributed by atoms with Gasteiger partial charge in [-0.2, -0.15) is 9.78 Å². The molecular formula is C35H43N9O3. The lowest BCUT2D eigenvalue weighted by molar-refractivity contribution is 0.0522. The maximum Gasteiger partial charge on any atom is 0.435 e. The summed E-state index contributed by atoms with van der Waals surface area (Å²) in [6.45, 7) is 15.8. The van der Waals surface area contributed by atoms with Gasteiger partial charge in [0.25, 0.3) is 0 Å². The number of carbonyl (C=O) groups is 1. The van der Waals surface area contributed by atoms with Gasteiger partial charge in [0.05, 0.1) is 41.0 Å². The van der Waals surface area contributed by atoms with E-state index < -0.39 is 11.7 Å². The van der Waals surface area contributed by atoms with Crippen molar-refractivity contribution >= 4 is 34.0 Å². The second kappa shape index (κ2) is 11.6. The fourth-order valence-corrected chi connectivity index (χ4v) is 7.01. The van der Waals surface area contributed by atoms with E-state index in [1.54, 1.807) is 25.6 Å². The third kappa shape index (κ3) is 5.48. The molecule has 0 unspecified atom stereocenters. The van der Waals surface area contributed by atoms with Crippen molar-refractivity contribution in [3.05, 3.63) is 42.0 Å². The summed E-state index contributed by atoms with van der Waals surface area (Å²) in [6.07, 6.45) is 5.33. The lowest BCUT2D eigenvalue weighted by Gasteiger charge is -2.37. The molecule has 0 amide bonds. The molecular weight excluding hydrogens is 594 g/mol. The maximum absolute atomic E-state index is 13.6. The molecule has 0 aliphatic carbocycles. The number of imidazole rings is 1. The molecule has 0 spiro atoms. The molecule has 0 saturated carbocycles. The fraction of sp³-hybridized carbons (Fsp3) is 0.486. The summed E-state index contributed by atoms with van der Waals surface area (Å²) in [4.78, 5) is 38.2. The van der Waals surface area contributed by atoms with Gasteiger partial charge < -0.3 is 18.9 Å². The quantitative estimate of drug-likeness (QED) is 0.229. The number of ether oxygens (including phenoxy) is 2. The van der Waals surface area contributed by atoms with E-state index in [1.165, 1.54) is 24.1 Å². The van der Waals surface area contributed by atoms with Crippen molar-refractivity contribution in [2.24, 2.45) is 7.05 Å². The number of hydrogen-bond acceptors (Lipinski definition) is 10. The summed E-state index contributed by atoms with van der Waals surface area (Å²) in [5.74, 6) is 1.71. The number of aromatic nitrogens is 7. The highest BCUT2D eigenvalue weighted by atomic mass is 16.6. The number of anilines is 1. The molecule has 47 heavy (non-hydrogen) atoms. The smallest absolute Gasteiger partial charge is 0.435 e. The minimum atomic E-state index is -0.711. The second-order valence-electron chi connectivity index (χ2n) is 14.0. The molecule has 2 fully saturated rings. The van der Waals surface area contributed by atoms with Crippen molar-refractivity contribution in [3.63, 3.8) is 0 Å². The predicted octanol–water partition coefficient (Wildman–Crippen LogP) is 5.95. The lowest BCUT2D eigenvalue weighted by atomic mass is 10.0. The zero-order chi connectivity index (χ0) is 33.2. The van der Waals surface area contributed by atoms with Gasteiger partial charge in [0.2, 0.25) is 5.95 Å². The summed E-state index contributed by atoms with van der Waals surface area (Å²) in [6, 6.07) is 6.36. The SMILES string of the molecule is COc1ccncc1-c1cc2c(-c3cc4c(nc(N5CCN6CCC[C@@H]6C5)n4C)c(C(C)C)n3)nn(C(=O)OC(C)(C)C)c2c(C)n1. The van der Waals surface area contributed by atoms with Crippen LogP contribution in [0.1, 0.15) is 64.8 Å². The van der Waals surface area contributed by atoms with E-state index in [9.17, 15) is 4.79 Å². The number of pyridine rings is 3. The monoisotopic (exact) mass is 637 g/mol. The Bertz CT molecular complexity index is 2010. The molecule has 2 aliphatic rings. The van der Waals surface area contributed by atoms with Gasteiger partial charge in [-0.15, -0.1) is 0 Å². The third-order valence-electron chi connectivity index (χ3n) is 9.21. The fourth-order valence-electron chi connectivity index (χ4n) is 7.01. The molecule has 2 aliphatic heterocycles. The number of methoxy groups -OCH3 is 1. The molecule has 246 valence electrons. The van der Waals surface area contributed by atoms with Crippen molar-refractivity contribution in [1.29, 1.82) is 0 Å². The number of piperazine rings is 1. The van der Waals surface area contributed by atoms with Crippen LogP contribution in [0.2, 0.25) is 0 Å². The Hall–Kier alpha value is -4.58. The highest BCUT2D eigenvalue weighted by Crippen LogP contribution is 2.38. The van der Waals surface area contributed by atoms with Gasteiger partial charge in [-0.25, -0.2) is 14.8 Å². The minimum absolute atomic E-state index is 0.102. The summed E-state index contributed by atoms with van der Waals surface area (Å²) in [7, 11) is 3.70. The van der Waals surface area contributed by atoms with E-state index in [1.807, 2.05) is 39.8 Å². The van der Waals surface area contributed by atoms with Crippen LogP contribution in [0, 0.1) is 6.92 Å². The van der Waals surface area contributed by atoms with Crippen LogP contribution in [0.15, 0.2) is 30.6 Å². The standard InChI is InChI=1S/C35H43N9O3/c1-20(2)29-31-27(41(7)33(39-31)43-15-14-42-13-9-10-22(42)19-43)17-26(38-29)30-23-16-25(24-18-36-12-11-28(24)46-8)37-21(3)32(23)44(40-30)34(45)47-35(4,5)6/h11-12,16-18,20,22H,9-10,13-15,19H2,1-8H3/t22-/m1/s1. The molecule has 7 rings (SSSR count). The van der Waals surface area contributed by atoms with Crippen LogP contribution >= 0.6 is 0 Å². The Morgan fingerprint density at radius 3 is 2.62 bits per heavy atom. The van der Waals surface area contributed by atoms with Crippen LogP contribution in [-0.4, -0.2) is 90.2 Å². The van der Waals surface area contributed by atoms with Gasteiger partial charge in [0.1, 0.15) is 28.1 Å². The minimum Gasteiger partial charge on any atom is -0.496 e. The van der Waals surface area contributed by atoms with Crippen LogP contribution < -0.4 is 9.64 Å². The molecule has 12 heteroatoms. The number of hydrogen-bond donors (Lipinski definition) is 0. The molecule has 1 atom stereocenters. The van der Waals surface area contributed by atoms with E-state index in [2.05, 4.69) is 40.2 Å². The van der Waals surface area contributed by atoms with Crippen molar-refractivity contribution < 1.29 is 14.3 Å². The number of aryl methyl sites for hydroxylation is 2. The summed E-state index contributed by atoms with van der Waals surface area (Å²) < 4.78 is 14.9. The Morgan fingerprint density at radius 2 is 1.87 bits per heavy atom. The second-order valence-corrected chi connectivity index (χ2v) is 14.0. The van der Waals surface area contributed by atoms with Crippen molar-refractivity contribution in [2.75, 3.05) is 38.2 Å². The summed E-state index contributed by atoms with van der Waals surface area (Å²) in [5, 5.41) is 5.63. The van der Waals surface area contributed by atoms with Gasteiger partial charge in [0, 0.05) is 50.5 Å². The molecule has 0 radical (unpaired) electrons. The van der Waals surface area contributed by atoms with Crippen LogP contribution in [0.5, 0.6) is 5.75 Å². The van der Waals surface area contributed by atoms with Crippen molar-refractivity contribution in [3.8, 4) is 28.4 Å². The Morgan fingerprint density at radius 1 is 1.06 bits per heavy atom. The number of fused-ring (bicyclic) bond motifs is 3. The van der Waals surface area contributed by atoms with Crippen molar-refractivity contribution in [2.45, 2.75) is 71.9 Å². The predicted molar refractivity (Wildman–Crippen MR) is 182 cm³/mol. The average molecular weight is 638 g/mol. The molecule has 2 saturated heterocycles. The number of nitrogens with zero attached hydrogens (tertiary/aromatic N) is 9. The van der Waals surface area contributed by atoms with Crippen LogP contribution in [0.25, 0.3) is 44.6 Å². The van der Waals surface area contributed by atoms with E-state index in [4.69, 9.17) is 29.5 Å². The van der Waals surface area contributed by atoms with E-state index in [0.717, 1.165) is 53.3 Å². The van der Waals surface area contributed by atoms with Gasteiger partial charge >= 0.3 is 6.09 Å². The normalized spacial score (nSPS) is 17.2. The maximum atomic E-state index is 13.6. The molecule has 7 heterocycles. The first-order chi connectivity index (χ1) is 22.4. The summed E-state index contributed by atoms with van der Waals surface area (Å²) >= 11 is 0. The Kier molecular flexibility index (Phi) is 7.65.